The second kappa shape index (κ2) is 5.21. The van der Waals surface area contributed by atoms with Gasteiger partial charge in [0.15, 0.2) is 0 Å². The van der Waals surface area contributed by atoms with Crippen LogP contribution < -0.4 is 10.5 Å². The van der Waals surface area contributed by atoms with E-state index in [1.54, 1.807) is 7.11 Å². The zero-order valence-electron chi connectivity index (χ0n) is 9.56. The lowest BCUT2D eigenvalue weighted by atomic mass is 9.99. The Morgan fingerprint density at radius 1 is 1.00 bits per heavy atom. The quantitative estimate of drug-likeness (QED) is 0.902. The van der Waals surface area contributed by atoms with Gasteiger partial charge in [-0.05, 0) is 17.7 Å². The number of para-hydroxylation sites is 1. The fraction of sp³-hybridized carbons (Fsp3) is 0.143. The summed E-state index contributed by atoms with van der Waals surface area (Å²) in [5.41, 5.74) is 8.06. The van der Waals surface area contributed by atoms with E-state index >= 15 is 0 Å². The lowest BCUT2D eigenvalue weighted by Crippen LogP contribution is -2.13. The molecule has 0 aliphatic carbocycles. The minimum atomic E-state index is -0.278. The number of rotatable bonds is 3. The summed E-state index contributed by atoms with van der Waals surface area (Å²) in [6.07, 6.45) is 0. The highest BCUT2D eigenvalue weighted by Gasteiger charge is 2.15. The van der Waals surface area contributed by atoms with Crippen LogP contribution in [0.1, 0.15) is 17.2 Å². The Hall–Kier alpha value is -1.51. The molecule has 0 aliphatic heterocycles. The van der Waals surface area contributed by atoms with E-state index in [2.05, 4.69) is 0 Å². The van der Waals surface area contributed by atoms with Crippen LogP contribution in [-0.2, 0) is 0 Å². The first-order valence-electron chi connectivity index (χ1n) is 5.37. The summed E-state index contributed by atoms with van der Waals surface area (Å²) in [4.78, 5) is 0. The van der Waals surface area contributed by atoms with E-state index in [1.165, 1.54) is 0 Å². The molecular formula is C14H14ClNO. The molecule has 2 aromatic carbocycles. The van der Waals surface area contributed by atoms with Crippen molar-refractivity contribution in [1.29, 1.82) is 0 Å². The Kier molecular flexibility index (Phi) is 3.67. The molecule has 0 fully saturated rings. The second-order valence-electron chi connectivity index (χ2n) is 3.74. The van der Waals surface area contributed by atoms with Crippen molar-refractivity contribution in [3.8, 4) is 5.75 Å². The van der Waals surface area contributed by atoms with Crippen LogP contribution in [-0.4, -0.2) is 7.11 Å². The van der Waals surface area contributed by atoms with Crippen molar-refractivity contribution in [2.24, 2.45) is 5.73 Å². The zero-order chi connectivity index (χ0) is 12.3. The Bertz CT molecular complexity index is 513. The molecule has 0 aromatic heterocycles. The lowest BCUT2D eigenvalue weighted by molar-refractivity contribution is 0.408. The van der Waals surface area contributed by atoms with Gasteiger partial charge in [0.2, 0.25) is 0 Å². The number of hydrogen-bond acceptors (Lipinski definition) is 2. The molecule has 0 saturated heterocycles. The number of ether oxygens (including phenoxy) is 1. The van der Waals surface area contributed by atoms with Gasteiger partial charge >= 0.3 is 0 Å². The first kappa shape index (κ1) is 12.0. The van der Waals surface area contributed by atoms with Crippen LogP contribution in [0.2, 0.25) is 5.02 Å². The average molecular weight is 248 g/mol. The molecule has 0 unspecified atom stereocenters. The Balaban J connectivity index is 2.44. The molecule has 2 aromatic rings. The summed E-state index contributed by atoms with van der Waals surface area (Å²) in [6, 6.07) is 15.0. The van der Waals surface area contributed by atoms with Crippen LogP contribution >= 0.6 is 11.6 Å². The van der Waals surface area contributed by atoms with Crippen LogP contribution in [0.5, 0.6) is 5.75 Å². The minimum Gasteiger partial charge on any atom is -0.496 e. The van der Waals surface area contributed by atoms with E-state index in [-0.39, 0.29) is 6.04 Å². The Morgan fingerprint density at radius 3 is 2.24 bits per heavy atom. The monoisotopic (exact) mass is 247 g/mol. The van der Waals surface area contributed by atoms with E-state index in [1.807, 2.05) is 48.5 Å². The molecule has 0 saturated carbocycles. The second-order valence-corrected chi connectivity index (χ2v) is 4.15. The van der Waals surface area contributed by atoms with Crippen molar-refractivity contribution >= 4 is 11.6 Å². The molecule has 17 heavy (non-hydrogen) atoms. The normalized spacial score (nSPS) is 12.2. The predicted molar refractivity (Wildman–Crippen MR) is 70.5 cm³/mol. The third-order valence-electron chi connectivity index (χ3n) is 2.71. The fourth-order valence-electron chi connectivity index (χ4n) is 1.82. The van der Waals surface area contributed by atoms with Crippen molar-refractivity contribution in [3.05, 3.63) is 64.7 Å². The maximum atomic E-state index is 6.23. The molecule has 3 heteroatoms. The molecule has 1 atom stereocenters. The maximum Gasteiger partial charge on any atom is 0.123 e. The van der Waals surface area contributed by atoms with Crippen LogP contribution in [0.15, 0.2) is 48.5 Å². The van der Waals surface area contributed by atoms with Gasteiger partial charge in [0.1, 0.15) is 5.75 Å². The third kappa shape index (κ3) is 2.43. The summed E-state index contributed by atoms with van der Waals surface area (Å²) >= 11 is 6.14. The van der Waals surface area contributed by atoms with Crippen molar-refractivity contribution < 1.29 is 4.74 Å². The SMILES string of the molecule is COc1ccccc1[C@@H](N)c1ccccc1Cl. The first-order chi connectivity index (χ1) is 8.24. The molecule has 2 nitrogen and oxygen atoms in total. The van der Waals surface area contributed by atoms with E-state index in [9.17, 15) is 0 Å². The van der Waals surface area contributed by atoms with Crippen LogP contribution in [0, 0.1) is 0 Å². The Morgan fingerprint density at radius 2 is 1.59 bits per heavy atom. The smallest absolute Gasteiger partial charge is 0.123 e. The van der Waals surface area contributed by atoms with Crippen molar-refractivity contribution in [2.75, 3.05) is 7.11 Å². The van der Waals surface area contributed by atoms with Gasteiger partial charge < -0.3 is 10.5 Å². The molecular weight excluding hydrogens is 234 g/mol. The molecule has 0 bridgehead atoms. The molecule has 2 rings (SSSR count). The highest BCUT2D eigenvalue weighted by Crippen LogP contribution is 2.31. The molecule has 0 radical (unpaired) electrons. The minimum absolute atomic E-state index is 0.278. The largest absolute Gasteiger partial charge is 0.496 e. The van der Waals surface area contributed by atoms with Gasteiger partial charge in [-0.15, -0.1) is 0 Å². The number of halogens is 1. The van der Waals surface area contributed by atoms with E-state index in [4.69, 9.17) is 22.1 Å². The lowest BCUT2D eigenvalue weighted by Gasteiger charge is -2.17. The maximum absolute atomic E-state index is 6.23. The summed E-state index contributed by atoms with van der Waals surface area (Å²) in [7, 11) is 1.64. The molecule has 0 amide bonds. The van der Waals surface area contributed by atoms with E-state index in [0.717, 1.165) is 16.9 Å². The van der Waals surface area contributed by atoms with Gasteiger partial charge in [-0.1, -0.05) is 48.0 Å². The summed E-state index contributed by atoms with van der Waals surface area (Å²) in [6.45, 7) is 0. The number of nitrogens with two attached hydrogens (primary N) is 1. The first-order valence-corrected chi connectivity index (χ1v) is 5.74. The summed E-state index contributed by atoms with van der Waals surface area (Å²) in [5, 5.41) is 0.672. The number of hydrogen-bond donors (Lipinski definition) is 1. The predicted octanol–water partition coefficient (Wildman–Crippen LogP) is 3.40. The average Bonchev–Trinajstić information content (AvgIpc) is 2.38. The standard InChI is InChI=1S/C14H14ClNO/c1-17-13-9-5-3-7-11(13)14(16)10-6-2-4-8-12(10)15/h2-9,14H,16H2,1H3/t14-/m0/s1. The van der Waals surface area contributed by atoms with Gasteiger partial charge in [-0.25, -0.2) is 0 Å². The third-order valence-corrected chi connectivity index (χ3v) is 3.06. The molecule has 88 valence electrons. The van der Waals surface area contributed by atoms with Crippen LogP contribution in [0.25, 0.3) is 0 Å². The van der Waals surface area contributed by atoms with Crippen molar-refractivity contribution in [1.82, 2.24) is 0 Å². The highest BCUT2D eigenvalue weighted by molar-refractivity contribution is 6.31. The number of methoxy groups -OCH3 is 1. The van der Waals surface area contributed by atoms with Gasteiger partial charge in [-0.3, -0.25) is 0 Å². The topological polar surface area (TPSA) is 35.2 Å². The van der Waals surface area contributed by atoms with Crippen molar-refractivity contribution in [3.63, 3.8) is 0 Å². The molecule has 0 spiro atoms. The highest BCUT2D eigenvalue weighted by atomic mass is 35.5. The molecule has 2 N–H and O–H groups in total. The van der Waals surface area contributed by atoms with Gasteiger partial charge in [-0.2, -0.15) is 0 Å². The van der Waals surface area contributed by atoms with Gasteiger partial charge in [0.25, 0.3) is 0 Å². The number of benzene rings is 2. The summed E-state index contributed by atoms with van der Waals surface area (Å²) in [5.74, 6) is 0.778. The van der Waals surface area contributed by atoms with E-state index < -0.39 is 0 Å². The molecule has 0 heterocycles. The van der Waals surface area contributed by atoms with Gasteiger partial charge in [0, 0.05) is 10.6 Å². The van der Waals surface area contributed by atoms with Crippen molar-refractivity contribution in [2.45, 2.75) is 6.04 Å². The van der Waals surface area contributed by atoms with E-state index in [0.29, 0.717) is 5.02 Å². The van der Waals surface area contributed by atoms with Crippen LogP contribution in [0.3, 0.4) is 0 Å². The summed E-state index contributed by atoms with van der Waals surface area (Å²) < 4.78 is 5.30. The van der Waals surface area contributed by atoms with Crippen LogP contribution in [0.4, 0.5) is 0 Å². The van der Waals surface area contributed by atoms with Gasteiger partial charge in [0.05, 0.1) is 13.2 Å². The molecule has 0 aliphatic rings. The Labute approximate surface area is 106 Å². The fourth-order valence-corrected chi connectivity index (χ4v) is 2.07. The zero-order valence-corrected chi connectivity index (χ0v) is 10.3.